The van der Waals surface area contributed by atoms with Gasteiger partial charge in [0.2, 0.25) is 0 Å². The van der Waals surface area contributed by atoms with E-state index in [2.05, 4.69) is 12.6 Å². The Morgan fingerprint density at radius 2 is 2.31 bits per heavy atom. The van der Waals surface area contributed by atoms with Gasteiger partial charge in [-0.2, -0.15) is 0 Å². The summed E-state index contributed by atoms with van der Waals surface area (Å²) in [6, 6.07) is 1.81. The maximum Gasteiger partial charge on any atom is 0.264 e. The summed E-state index contributed by atoms with van der Waals surface area (Å²) in [6.07, 6.45) is 0. The molecular weight excluding hydrogens is 242 g/mol. The van der Waals surface area contributed by atoms with Crippen molar-refractivity contribution in [1.29, 1.82) is 0 Å². The summed E-state index contributed by atoms with van der Waals surface area (Å²) in [5.41, 5.74) is 0. The maximum absolute atomic E-state index is 12.0. The maximum atomic E-state index is 12.0. The van der Waals surface area contributed by atoms with Gasteiger partial charge >= 0.3 is 0 Å². The summed E-state index contributed by atoms with van der Waals surface area (Å²) in [6.45, 7) is 6.54. The molecule has 0 unspecified atom stereocenters. The Morgan fingerprint density at radius 3 is 2.81 bits per heavy atom. The predicted molar refractivity (Wildman–Crippen MR) is 69.6 cm³/mol. The summed E-state index contributed by atoms with van der Waals surface area (Å²) in [7, 11) is 0. The molecule has 1 heterocycles. The van der Waals surface area contributed by atoms with E-state index in [1.54, 1.807) is 11.0 Å². The number of rotatable bonds is 6. The first-order valence-electron chi connectivity index (χ1n) is 5.33. The van der Waals surface area contributed by atoms with Crippen LogP contribution >= 0.6 is 24.0 Å². The van der Waals surface area contributed by atoms with Gasteiger partial charge in [0.1, 0.15) is 0 Å². The monoisotopic (exact) mass is 259 g/mol. The number of likely N-dealkylation sites (N-methyl/N-ethyl adjacent to an activating group) is 1. The van der Waals surface area contributed by atoms with E-state index in [9.17, 15) is 4.79 Å². The number of hydrogen-bond donors (Lipinski definition) is 1. The number of carbonyl (C=O) groups is 1. The van der Waals surface area contributed by atoms with Gasteiger partial charge in [-0.05, 0) is 19.9 Å². The molecule has 0 saturated heterocycles. The largest absolute Gasteiger partial charge is 0.380 e. The third-order valence-electron chi connectivity index (χ3n) is 2.18. The lowest BCUT2D eigenvalue weighted by atomic mass is 10.4. The molecule has 1 aromatic rings. The van der Waals surface area contributed by atoms with Crippen LogP contribution < -0.4 is 0 Å². The van der Waals surface area contributed by atoms with E-state index in [4.69, 9.17) is 4.74 Å². The highest BCUT2D eigenvalue weighted by Gasteiger charge is 2.15. The molecule has 0 radical (unpaired) electrons. The highest BCUT2D eigenvalue weighted by atomic mass is 32.1. The van der Waals surface area contributed by atoms with E-state index >= 15 is 0 Å². The zero-order chi connectivity index (χ0) is 12.0. The van der Waals surface area contributed by atoms with E-state index < -0.39 is 0 Å². The van der Waals surface area contributed by atoms with Crippen LogP contribution in [0, 0.1) is 0 Å². The fourth-order valence-electron chi connectivity index (χ4n) is 1.32. The molecule has 0 aromatic carbocycles. The highest BCUT2D eigenvalue weighted by Crippen LogP contribution is 2.19. The third-order valence-corrected chi connectivity index (χ3v) is 3.53. The molecule has 16 heavy (non-hydrogen) atoms. The summed E-state index contributed by atoms with van der Waals surface area (Å²) in [5, 5.41) is 1.87. The molecule has 1 rings (SSSR count). The minimum absolute atomic E-state index is 0.0625. The van der Waals surface area contributed by atoms with Crippen molar-refractivity contribution in [3.8, 4) is 0 Å². The van der Waals surface area contributed by atoms with Crippen LogP contribution in [0.15, 0.2) is 16.3 Å². The van der Waals surface area contributed by atoms with Crippen molar-refractivity contribution in [2.24, 2.45) is 0 Å². The second-order valence-corrected chi connectivity index (χ2v) is 4.68. The Hall–Kier alpha value is -0.520. The molecular formula is C11H17NO2S2. The van der Waals surface area contributed by atoms with Gasteiger partial charge in [-0.1, -0.05) is 0 Å². The smallest absolute Gasteiger partial charge is 0.264 e. The molecule has 0 N–H and O–H groups in total. The normalized spacial score (nSPS) is 10.4. The van der Waals surface area contributed by atoms with E-state index in [1.165, 1.54) is 11.3 Å². The molecule has 5 heteroatoms. The van der Waals surface area contributed by atoms with Crippen molar-refractivity contribution in [3.63, 3.8) is 0 Å². The second-order valence-electron chi connectivity index (χ2n) is 3.25. The van der Waals surface area contributed by atoms with E-state index in [0.29, 0.717) is 26.3 Å². The lowest BCUT2D eigenvalue weighted by Crippen LogP contribution is -2.33. The molecule has 1 amide bonds. The average molecular weight is 259 g/mol. The van der Waals surface area contributed by atoms with E-state index in [0.717, 1.165) is 9.77 Å². The number of thiophene rings is 1. The minimum Gasteiger partial charge on any atom is -0.380 e. The minimum atomic E-state index is 0.0625. The number of nitrogens with zero attached hydrogens (tertiary/aromatic N) is 1. The predicted octanol–water partition coefficient (Wildman–Crippen LogP) is 2.54. The van der Waals surface area contributed by atoms with Crippen molar-refractivity contribution in [2.45, 2.75) is 18.7 Å². The van der Waals surface area contributed by atoms with Gasteiger partial charge in [-0.3, -0.25) is 4.79 Å². The van der Waals surface area contributed by atoms with Crippen LogP contribution in [0.1, 0.15) is 23.5 Å². The summed E-state index contributed by atoms with van der Waals surface area (Å²) < 4.78 is 5.25. The quantitative estimate of drug-likeness (QED) is 0.628. The van der Waals surface area contributed by atoms with Crippen molar-refractivity contribution in [2.75, 3.05) is 26.3 Å². The molecule has 0 aliphatic carbocycles. The van der Waals surface area contributed by atoms with Gasteiger partial charge in [0, 0.05) is 30.0 Å². The van der Waals surface area contributed by atoms with Gasteiger partial charge in [0.05, 0.1) is 11.5 Å². The van der Waals surface area contributed by atoms with Crippen molar-refractivity contribution in [3.05, 3.63) is 16.3 Å². The van der Waals surface area contributed by atoms with Crippen molar-refractivity contribution >= 4 is 29.9 Å². The van der Waals surface area contributed by atoms with E-state index in [-0.39, 0.29) is 5.91 Å². The lowest BCUT2D eigenvalue weighted by Gasteiger charge is -2.19. The second kappa shape index (κ2) is 6.93. The first kappa shape index (κ1) is 13.5. The Morgan fingerprint density at radius 1 is 1.56 bits per heavy atom. The molecule has 0 aliphatic rings. The molecule has 0 atom stereocenters. The van der Waals surface area contributed by atoms with Crippen LogP contribution in [-0.2, 0) is 4.74 Å². The number of ether oxygens (including phenoxy) is 1. The Labute approximate surface area is 106 Å². The van der Waals surface area contributed by atoms with Crippen LogP contribution in [0.4, 0.5) is 0 Å². The van der Waals surface area contributed by atoms with Crippen molar-refractivity contribution < 1.29 is 9.53 Å². The highest BCUT2D eigenvalue weighted by molar-refractivity contribution is 7.80. The standard InChI is InChI=1S/C11H17NO2S2/c1-3-12(5-6-14-4-2)11(13)10-7-9(15)8-16-10/h7-8,15H,3-6H2,1-2H3. The first-order chi connectivity index (χ1) is 7.69. The van der Waals surface area contributed by atoms with Gasteiger partial charge in [0.15, 0.2) is 0 Å². The summed E-state index contributed by atoms with van der Waals surface area (Å²) in [4.78, 5) is 15.4. The lowest BCUT2D eigenvalue weighted by molar-refractivity contribution is 0.0673. The fraction of sp³-hybridized carbons (Fsp3) is 0.545. The SMILES string of the molecule is CCOCCN(CC)C(=O)c1cc(S)cs1. The van der Waals surface area contributed by atoms with Crippen LogP contribution in [0.2, 0.25) is 0 Å². The molecule has 0 bridgehead atoms. The third kappa shape index (κ3) is 3.81. The molecule has 1 aromatic heterocycles. The van der Waals surface area contributed by atoms with Crippen LogP contribution in [0.25, 0.3) is 0 Å². The number of thiol groups is 1. The Balaban J connectivity index is 2.55. The summed E-state index contributed by atoms with van der Waals surface area (Å²) >= 11 is 5.63. The topological polar surface area (TPSA) is 29.5 Å². The number of carbonyl (C=O) groups excluding carboxylic acids is 1. The first-order valence-corrected chi connectivity index (χ1v) is 6.66. The van der Waals surface area contributed by atoms with Gasteiger partial charge in [0.25, 0.3) is 5.91 Å². The summed E-state index contributed by atoms with van der Waals surface area (Å²) in [5.74, 6) is 0.0625. The Kier molecular flexibility index (Phi) is 5.87. The van der Waals surface area contributed by atoms with Gasteiger partial charge in [-0.15, -0.1) is 24.0 Å². The Bertz CT molecular complexity index is 338. The molecule has 0 aliphatic heterocycles. The molecule has 90 valence electrons. The average Bonchev–Trinajstić information content (AvgIpc) is 2.70. The zero-order valence-electron chi connectivity index (χ0n) is 9.60. The van der Waals surface area contributed by atoms with Crippen LogP contribution in [-0.4, -0.2) is 37.1 Å². The molecule has 0 saturated carbocycles. The van der Waals surface area contributed by atoms with Gasteiger partial charge in [-0.25, -0.2) is 0 Å². The molecule has 3 nitrogen and oxygen atoms in total. The number of amides is 1. The van der Waals surface area contributed by atoms with Crippen LogP contribution in [0.3, 0.4) is 0 Å². The van der Waals surface area contributed by atoms with Crippen LogP contribution in [0.5, 0.6) is 0 Å². The number of hydrogen-bond acceptors (Lipinski definition) is 4. The van der Waals surface area contributed by atoms with Crippen molar-refractivity contribution in [1.82, 2.24) is 4.90 Å². The molecule has 0 fully saturated rings. The van der Waals surface area contributed by atoms with Gasteiger partial charge < -0.3 is 9.64 Å². The van der Waals surface area contributed by atoms with E-state index in [1.807, 2.05) is 19.2 Å². The molecule has 0 spiro atoms. The zero-order valence-corrected chi connectivity index (χ0v) is 11.3. The fourth-order valence-corrected chi connectivity index (χ4v) is 2.43.